The highest BCUT2D eigenvalue weighted by molar-refractivity contribution is 6.33. The first-order valence-corrected chi connectivity index (χ1v) is 7.06. The van der Waals surface area contributed by atoms with E-state index < -0.39 is 23.1 Å². The smallest absolute Gasteiger partial charge is 0.405 e. The molecule has 6 nitrogen and oxygen atoms in total. The predicted octanol–water partition coefficient (Wildman–Crippen LogP) is 2.43. The molecule has 0 aromatic carbocycles. The van der Waals surface area contributed by atoms with E-state index in [1.807, 2.05) is 0 Å². The molecule has 1 aromatic rings. The normalized spacial score (nSPS) is 25.3. The summed E-state index contributed by atoms with van der Waals surface area (Å²) in [6.45, 7) is 0. The van der Waals surface area contributed by atoms with Crippen LogP contribution in [0.2, 0.25) is 0 Å². The highest BCUT2D eigenvalue weighted by Crippen LogP contribution is 2.42. The lowest BCUT2D eigenvalue weighted by Gasteiger charge is -2.37. The summed E-state index contributed by atoms with van der Waals surface area (Å²) in [6, 6.07) is 2.33. The molecule has 8 heteroatoms. The Morgan fingerprint density at radius 3 is 2.95 bits per heavy atom. The number of nitrogens with zero attached hydrogens (tertiary/aromatic N) is 1. The number of pyridine rings is 1. The number of carboxylic acid groups (broad SMARTS) is 1. The van der Waals surface area contributed by atoms with Crippen LogP contribution in [0.4, 0.5) is 4.79 Å². The maximum absolute atomic E-state index is 10.9. The van der Waals surface area contributed by atoms with Crippen molar-refractivity contribution in [3.8, 4) is 5.88 Å². The van der Waals surface area contributed by atoms with Crippen molar-refractivity contribution in [2.24, 2.45) is 0 Å². The van der Waals surface area contributed by atoms with E-state index >= 15 is 0 Å². The van der Waals surface area contributed by atoms with Crippen molar-refractivity contribution >= 4 is 29.3 Å². The minimum Gasteiger partial charge on any atom is -0.481 e. The van der Waals surface area contributed by atoms with Crippen LogP contribution in [-0.2, 0) is 0 Å². The van der Waals surface area contributed by atoms with E-state index in [1.54, 1.807) is 12.1 Å². The highest BCUT2D eigenvalue weighted by atomic mass is 35.5. The van der Waals surface area contributed by atoms with Crippen LogP contribution in [0.5, 0.6) is 5.88 Å². The number of allylic oxidation sites excluding steroid dienone is 2. The molecule has 3 unspecified atom stereocenters. The van der Waals surface area contributed by atoms with Crippen LogP contribution in [-0.4, -0.2) is 39.3 Å². The number of nitrogens with one attached hydrogen (secondary N) is 1. The van der Waals surface area contributed by atoms with Crippen molar-refractivity contribution in [3.63, 3.8) is 0 Å². The topological polar surface area (TPSA) is 91.7 Å². The molecule has 0 bridgehead atoms. The zero-order valence-corrected chi connectivity index (χ0v) is 13.0. The molecule has 0 radical (unpaired) electrons. The Hall–Kier alpha value is -1.76. The molecule has 1 aliphatic rings. The van der Waals surface area contributed by atoms with Gasteiger partial charge in [0, 0.05) is 16.8 Å². The number of ether oxygens (including phenoxy) is 1. The molecular weight excluding hydrogens is 331 g/mol. The van der Waals surface area contributed by atoms with Gasteiger partial charge in [0.25, 0.3) is 0 Å². The van der Waals surface area contributed by atoms with Gasteiger partial charge in [0.2, 0.25) is 5.88 Å². The van der Waals surface area contributed by atoms with E-state index in [2.05, 4.69) is 10.3 Å². The first-order chi connectivity index (χ1) is 10.4. The Bertz CT molecular complexity index is 635. The number of carbonyl (C=O) groups is 1. The quantitative estimate of drug-likeness (QED) is 0.729. The van der Waals surface area contributed by atoms with Gasteiger partial charge in [-0.3, -0.25) is 0 Å². The number of aliphatic hydroxyl groups is 1. The monoisotopic (exact) mass is 344 g/mol. The summed E-state index contributed by atoms with van der Waals surface area (Å²) in [7, 11) is 1.41. The molecule has 3 N–H and O–H groups in total. The highest BCUT2D eigenvalue weighted by Gasteiger charge is 2.45. The van der Waals surface area contributed by atoms with E-state index in [0.717, 1.165) is 0 Å². The van der Waals surface area contributed by atoms with Gasteiger partial charge in [-0.05, 0) is 24.3 Å². The van der Waals surface area contributed by atoms with Crippen LogP contribution in [0.3, 0.4) is 0 Å². The molecule has 0 saturated heterocycles. The third-order valence-electron chi connectivity index (χ3n) is 3.27. The predicted molar refractivity (Wildman–Crippen MR) is 82.4 cm³/mol. The maximum atomic E-state index is 10.9. The number of hydrogen-bond acceptors (Lipinski definition) is 4. The van der Waals surface area contributed by atoms with Gasteiger partial charge in [-0.2, -0.15) is 0 Å². The van der Waals surface area contributed by atoms with E-state index in [-0.39, 0.29) is 5.88 Å². The van der Waals surface area contributed by atoms with Gasteiger partial charge in [0.1, 0.15) is 11.0 Å². The van der Waals surface area contributed by atoms with Gasteiger partial charge in [0.05, 0.1) is 13.2 Å². The van der Waals surface area contributed by atoms with Crippen molar-refractivity contribution in [2.75, 3.05) is 7.11 Å². The summed E-state index contributed by atoms with van der Waals surface area (Å²) in [4.78, 5) is 13.4. The number of halogens is 2. The maximum Gasteiger partial charge on any atom is 0.405 e. The van der Waals surface area contributed by atoms with Gasteiger partial charge in [-0.1, -0.05) is 17.7 Å². The molecule has 118 valence electrons. The van der Waals surface area contributed by atoms with Crippen molar-refractivity contribution in [3.05, 3.63) is 47.2 Å². The van der Waals surface area contributed by atoms with Gasteiger partial charge in [0.15, 0.2) is 0 Å². The Morgan fingerprint density at radius 1 is 1.59 bits per heavy atom. The van der Waals surface area contributed by atoms with E-state index in [1.165, 1.54) is 31.5 Å². The van der Waals surface area contributed by atoms with Gasteiger partial charge in [-0.25, -0.2) is 9.78 Å². The zero-order valence-electron chi connectivity index (χ0n) is 11.5. The minimum absolute atomic E-state index is 0.197. The largest absolute Gasteiger partial charge is 0.481 e. The molecule has 0 saturated carbocycles. The van der Waals surface area contributed by atoms with Crippen molar-refractivity contribution in [1.82, 2.24) is 10.3 Å². The van der Waals surface area contributed by atoms with Gasteiger partial charge < -0.3 is 20.3 Å². The van der Waals surface area contributed by atoms with Crippen molar-refractivity contribution < 1.29 is 19.7 Å². The number of aromatic nitrogens is 1. The Morgan fingerprint density at radius 2 is 2.32 bits per heavy atom. The number of methoxy groups -OCH3 is 1. The molecule has 1 aliphatic carbocycles. The minimum atomic E-state index is -1.51. The first kappa shape index (κ1) is 16.6. The molecule has 1 aromatic heterocycles. The molecule has 3 atom stereocenters. The third-order valence-corrected chi connectivity index (χ3v) is 4.06. The third kappa shape index (κ3) is 3.19. The van der Waals surface area contributed by atoms with Crippen LogP contribution in [0.15, 0.2) is 41.6 Å². The fourth-order valence-electron chi connectivity index (χ4n) is 2.25. The average molecular weight is 345 g/mol. The van der Waals surface area contributed by atoms with Gasteiger partial charge >= 0.3 is 6.09 Å². The fraction of sp³-hybridized carbons (Fsp3) is 0.286. The Balaban J connectivity index is 2.44. The Labute approximate surface area is 137 Å². The second-order valence-electron chi connectivity index (χ2n) is 4.65. The summed E-state index contributed by atoms with van der Waals surface area (Å²) >= 11 is 12.5. The molecule has 22 heavy (non-hydrogen) atoms. The summed E-state index contributed by atoms with van der Waals surface area (Å²) in [5.74, 6) is 0.197. The zero-order chi connectivity index (χ0) is 16.3. The number of rotatable bonds is 4. The standard InChI is InChI=1S/C14H14Cl2N2O4/c1-22-12-9(3-2-6-17-12)11(19)14(16)7-8(15)4-5-10(14)18-13(20)21/h2-7,10-11,18-19H,1H3,(H,20,21). The number of hydrogen-bond donors (Lipinski definition) is 3. The van der Waals surface area contributed by atoms with Crippen molar-refractivity contribution in [1.29, 1.82) is 0 Å². The van der Waals surface area contributed by atoms with Crippen molar-refractivity contribution in [2.45, 2.75) is 17.0 Å². The Kier molecular flexibility index (Phi) is 4.95. The van der Waals surface area contributed by atoms with Crippen LogP contribution < -0.4 is 10.1 Å². The second-order valence-corrected chi connectivity index (χ2v) is 5.74. The summed E-state index contributed by atoms with van der Waals surface area (Å²) in [5, 5.41) is 22.2. The second kappa shape index (κ2) is 6.56. The number of amides is 1. The van der Waals surface area contributed by atoms with Crippen LogP contribution in [0.25, 0.3) is 0 Å². The van der Waals surface area contributed by atoms with E-state index in [9.17, 15) is 9.90 Å². The lowest BCUT2D eigenvalue weighted by Crippen LogP contribution is -2.51. The number of alkyl halides is 1. The number of aliphatic hydroxyl groups excluding tert-OH is 1. The molecule has 1 amide bonds. The van der Waals surface area contributed by atoms with E-state index in [0.29, 0.717) is 10.6 Å². The first-order valence-electron chi connectivity index (χ1n) is 6.30. The lowest BCUT2D eigenvalue weighted by atomic mass is 9.85. The van der Waals surface area contributed by atoms with E-state index in [4.69, 9.17) is 33.0 Å². The van der Waals surface area contributed by atoms with Crippen LogP contribution >= 0.6 is 23.2 Å². The molecule has 0 aliphatic heterocycles. The SMILES string of the molecule is COc1ncccc1C(O)C1(Cl)C=C(Cl)C=CC1NC(=O)O. The van der Waals surface area contributed by atoms with Crippen LogP contribution in [0.1, 0.15) is 11.7 Å². The van der Waals surface area contributed by atoms with Crippen LogP contribution in [0, 0.1) is 0 Å². The summed E-state index contributed by atoms with van der Waals surface area (Å²) < 4.78 is 5.11. The fourth-order valence-corrected chi connectivity index (χ4v) is 2.92. The summed E-state index contributed by atoms with van der Waals surface area (Å²) in [5.41, 5.74) is 0.327. The average Bonchev–Trinajstić information content (AvgIpc) is 2.49. The lowest BCUT2D eigenvalue weighted by molar-refractivity contribution is 0.125. The molecule has 2 rings (SSSR count). The molecule has 1 heterocycles. The molecular formula is C14H14Cl2N2O4. The van der Waals surface area contributed by atoms with Gasteiger partial charge in [-0.15, -0.1) is 11.6 Å². The summed E-state index contributed by atoms with van der Waals surface area (Å²) in [6.07, 6.45) is 3.33. The molecule has 0 spiro atoms. The molecule has 0 fully saturated rings.